The third kappa shape index (κ3) is 3.31. The van der Waals surface area contributed by atoms with Crippen LogP contribution in [0.3, 0.4) is 0 Å². The molecule has 1 rings (SSSR count). The Morgan fingerprint density at radius 1 is 1.40 bits per heavy atom. The number of aliphatic hydroxyl groups is 1. The Labute approximate surface area is 115 Å². The zero-order valence-electron chi connectivity index (χ0n) is 10.6. The van der Waals surface area contributed by atoms with E-state index in [1.54, 1.807) is 0 Å². The molecule has 0 radical (unpaired) electrons. The molecule has 0 bridgehead atoms. The Bertz CT molecular complexity index is 608. The van der Waals surface area contributed by atoms with Gasteiger partial charge in [0.25, 0.3) is 5.69 Å². The maximum atomic E-state index is 11.8. The van der Waals surface area contributed by atoms with Gasteiger partial charge in [-0.1, -0.05) is 12.1 Å². The van der Waals surface area contributed by atoms with Crippen molar-refractivity contribution in [2.24, 2.45) is 5.16 Å². The highest BCUT2D eigenvalue weighted by molar-refractivity contribution is 7.92. The standard InChI is InChI=1S/C11H14N2O6S/c1-2-20(18,19)10(7-14)11(12-15)8-3-5-9(6-4-8)13(16)17/h3-6,10,14-15H,2,7H2,1H3/b12-11-/t10-/m1/s1. The summed E-state index contributed by atoms with van der Waals surface area (Å²) in [4.78, 5) is 9.93. The summed E-state index contributed by atoms with van der Waals surface area (Å²) in [6, 6.07) is 4.85. The molecule has 110 valence electrons. The van der Waals surface area contributed by atoms with E-state index in [0.717, 1.165) is 12.1 Å². The molecule has 9 heteroatoms. The summed E-state index contributed by atoms with van der Waals surface area (Å²) in [5.74, 6) is -0.232. The van der Waals surface area contributed by atoms with E-state index in [-0.39, 0.29) is 22.7 Å². The molecule has 0 saturated heterocycles. The molecule has 0 spiro atoms. The van der Waals surface area contributed by atoms with Crippen LogP contribution in [0.15, 0.2) is 29.4 Å². The number of nitro benzene ring substituents is 1. The molecule has 20 heavy (non-hydrogen) atoms. The minimum absolute atomic E-state index is 0.176. The molecule has 0 aliphatic carbocycles. The van der Waals surface area contributed by atoms with Gasteiger partial charge in [-0.3, -0.25) is 10.1 Å². The van der Waals surface area contributed by atoms with Crippen molar-refractivity contribution >= 4 is 21.2 Å². The van der Waals surface area contributed by atoms with Crippen molar-refractivity contribution in [2.45, 2.75) is 12.2 Å². The predicted octanol–water partition coefficient (Wildman–Crippen LogP) is 0.569. The lowest BCUT2D eigenvalue weighted by Gasteiger charge is -2.15. The highest BCUT2D eigenvalue weighted by Gasteiger charge is 2.30. The van der Waals surface area contributed by atoms with E-state index in [1.807, 2.05) is 0 Å². The average Bonchev–Trinajstić information content (AvgIpc) is 2.44. The number of benzene rings is 1. The first-order valence-electron chi connectivity index (χ1n) is 5.66. The van der Waals surface area contributed by atoms with Crippen LogP contribution in [-0.2, 0) is 9.84 Å². The zero-order chi connectivity index (χ0) is 15.3. The smallest absolute Gasteiger partial charge is 0.269 e. The Kier molecular flexibility index (Phi) is 5.17. The van der Waals surface area contributed by atoms with Crippen LogP contribution in [0.1, 0.15) is 12.5 Å². The van der Waals surface area contributed by atoms with Crippen LogP contribution in [-0.4, -0.2) is 47.0 Å². The maximum absolute atomic E-state index is 11.8. The van der Waals surface area contributed by atoms with Crippen molar-refractivity contribution in [3.05, 3.63) is 39.9 Å². The van der Waals surface area contributed by atoms with Crippen LogP contribution in [0.4, 0.5) is 5.69 Å². The second-order valence-electron chi connectivity index (χ2n) is 3.91. The van der Waals surface area contributed by atoms with E-state index in [1.165, 1.54) is 19.1 Å². The summed E-state index contributed by atoms with van der Waals surface area (Å²) < 4.78 is 23.6. The molecular formula is C11H14N2O6S. The SMILES string of the molecule is CCS(=O)(=O)[C@H](CO)/C(=N\O)c1ccc([N+](=O)[O-])cc1. The van der Waals surface area contributed by atoms with Gasteiger partial charge in [-0.05, 0) is 12.1 Å². The molecule has 0 heterocycles. The average molecular weight is 302 g/mol. The zero-order valence-corrected chi connectivity index (χ0v) is 11.4. The van der Waals surface area contributed by atoms with Crippen LogP contribution >= 0.6 is 0 Å². The second kappa shape index (κ2) is 6.44. The summed E-state index contributed by atoms with van der Waals surface area (Å²) >= 11 is 0. The highest BCUT2D eigenvalue weighted by Crippen LogP contribution is 2.16. The number of oxime groups is 1. The first-order chi connectivity index (χ1) is 9.37. The quantitative estimate of drug-likeness (QED) is 0.342. The van der Waals surface area contributed by atoms with E-state index in [2.05, 4.69) is 5.16 Å². The van der Waals surface area contributed by atoms with Gasteiger partial charge >= 0.3 is 0 Å². The van der Waals surface area contributed by atoms with Gasteiger partial charge < -0.3 is 10.3 Å². The van der Waals surface area contributed by atoms with Crippen molar-refractivity contribution in [2.75, 3.05) is 12.4 Å². The molecule has 8 nitrogen and oxygen atoms in total. The van der Waals surface area contributed by atoms with Gasteiger partial charge in [-0.25, -0.2) is 8.42 Å². The number of rotatable bonds is 6. The molecule has 2 N–H and O–H groups in total. The molecule has 0 aliphatic rings. The predicted molar refractivity (Wildman–Crippen MR) is 71.8 cm³/mol. The Balaban J connectivity index is 3.23. The molecule has 0 fully saturated rings. The lowest BCUT2D eigenvalue weighted by Crippen LogP contribution is -2.35. The normalized spacial score (nSPS) is 14.0. The molecular weight excluding hydrogens is 288 g/mol. The number of hydrogen-bond acceptors (Lipinski definition) is 7. The minimum Gasteiger partial charge on any atom is -0.411 e. The van der Waals surface area contributed by atoms with E-state index in [4.69, 9.17) is 5.21 Å². The number of aliphatic hydroxyl groups excluding tert-OH is 1. The fourth-order valence-corrected chi connectivity index (χ4v) is 2.79. The number of non-ortho nitro benzene ring substituents is 1. The number of nitro groups is 1. The van der Waals surface area contributed by atoms with Crippen molar-refractivity contribution in [3.63, 3.8) is 0 Å². The van der Waals surface area contributed by atoms with Gasteiger partial charge in [0.15, 0.2) is 9.84 Å². The van der Waals surface area contributed by atoms with E-state index >= 15 is 0 Å². The van der Waals surface area contributed by atoms with Crippen molar-refractivity contribution in [3.8, 4) is 0 Å². The van der Waals surface area contributed by atoms with E-state index in [0.29, 0.717) is 0 Å². The number of hydrogen-bond donors (Lipinski definition) is 2. The van der Waals surface area contributed by atoms with E-state index < -0.39 is 26.6 Å². The molecule has 0 amide bonds. The largest absolute Gasteiger partial charge is 0.411 e. The molecule has 1 atom stereocenters. The molecule has 0 unspecified atom stereocenters. The fourth-order valence-electron chi connectivity index (χ4n) is 1.63. The highest BCUT2D eigenvalue weighted by atomic mass is 32.2. The van der Waals surface area contributed by atoms with Crippen molar-refractivity contribution < 1.29 is 23.7 Å². The number of nitrogens with zero attached hydrogens (tertiary/aromatic N) is 2. The van der Waals surface area contributed by atoms with Crippen molar-refractivity contribution in [1.82, 2.24) is 0 Å². The fraction of sp³-hybridized carbons (Fsp3) is 0.364. The van der Waals surface area contributed by atoms with Crippen molar-refractivity contribution in [1.29, 1.82) is 0 Å². The summed E-state index contributed by atoms with van der Waals surface area (Å²) in [6.07, 6.45) is 0. The van der Waals surface area contributed by atoms with Gasteiger partial charge in [-0.15, -0.1) is 0 Å². The van der Waals surface area contributed by atoms with Crippen LogP contribution in [0.25, 0.3) is 0 Å². The van der Waals surface area contributed by atoms with Crippen LogP contribution < -0.4 is 0 Å². The Morgan fingerprint density at radius 2 is 1.95 bits per heavy atom. The summed E-state index contributed by atoms with van der Waals surface area (Å²) in [7, 11) is -3.67. The van der Waals surface area contributed by atoms with Crippen LogP contribution in [0.5, 0.6) is 0 Å². The summed E-state index contributed by atoms with van der Waals surface area (Å²) in [6.45, 7) is 0.662. The molecule has 0 aromatic heterocycles. The van der Waals surface area contributed by atoms with Gasteiger partial charge in [0.05, 0.1) is 11.5 Å². The van der Waals surface area contributed by atoms with Gasteiger partial charge in [0.2, 0.25) is 0 Å². The topological polar surface area (TPSA) is 130 Å². The van der Waals surface area contributed by atoms with Gasteiger partial charge in [0, 0.05) is 23.4 Å². The molecule has 0 saturated carbocycles. The Hall–Kier alpha value is -2.00. The first-order valence-corrected chi connectivity index (χ1v) is 7.38. The first kappa shape index (κ1) is 16.1. The monoisotopic (exact) mass is 302 g/mol. The minimum atomic E-state index is -3.67. The molecule has 0 aliphatic heterocycles. The molecule has 1 aromatic carbocycles. The van der Waals surface area contributed by atoms with Gasteiger partial charge in [-0.2, -0.15) is 0 Å². The lowest BCUT2D eigenvalue weighted by atomic mass is 10.1. The second-order valence-corrected chi connectivity index (χ2v) is 6.38. The van der Waals surface area contributed by atoms with Crippen LogP contribution in [0.2, 0.25) is 0 Å². The molecule has 1 aromatic rings. The van der Waals surface area contributed by atoms with Crippen LogP contribution in [0, 0.1) is 10.1 Å². The third-order valence-electron chi connectivity index (χ3n) is 2.79. The van der Waals surface area contributed by atoms with E-state index in [9.17, 15) is 23.6 Å². The third-order valence-corrected chi connectivity index (χ3v) is 4.83. The summed E-state index contributed by atoms with van der Waals surface area (Å²) in [5, 5.41) is 30.3. The maximum Gasteiger partial charge on any atom is 0.269 e. The summed E-state index contributed by atoms with van der Waals surface area (Å²) in [5.41, 5.74) is -0.233. The Morgan fingerprint density at radius 3 is 2.30 bits per heavy atom. The van der Waals surface area contributed by atoms with Gasteiger partial charge in [0.1, 0.15) is 11.0 Å². The number of sulfone groups is 1. The lowest BCUT2D eigenvalue weighted by molar-refractivity contribution is -0.384.